The summed E-state index contributed by atoms with van der Waals surface area (Å²) in [4.78, 5) is 6.66. The normalized spacial score (nSPS) is 12.8. The van der Waals surface area contributed by atoms with Gasteiger partial charge in [0.25, 0.3) is 0 Å². The van der Waals surface area contributed by atoms with Crippen molar-refractivity contribution in [2.45, 2.75) is 46.1 Å². The highest BCUT2D eigenvalue weighted by molar-refractivity contribution is 5.79. The van der Waals surface area contributed by atoms with Gasteiger partial charge in [-0.1, -0.05) is 13.0 Å². The molecule has 0 bridgehead atoms. The molecule has 0 heterocycles. The molecule has 0 aliphatic carbocycles. The summed E-state index contributed by atoms with van der Waals surface area (Å²) in [5.41, 5.74) is 1.25. The number of rotatable bonds is 12. The Bertz CT molecular complexity index is 563. The number of likely N-dealkylation sites (N-methyl/N-ethyl adjacent to an activating group) is 1. The van der Waals surface area contributed by atoms with E-state index in [-0.39, 0.29) is 0 Å². The maximum Gasteiger partial charge on any atom is 0.191 e. The van der Waals surface area contributed by atoms with E-state index in [0.717, 1.165) is 49.9 Å². The largest absolute Gasteiger partial charge is 0.493 e. The molecule has 6 nitrogen and oxygen atoms in total. The van der Waals surface area contributed by atoms with E-state index in [9.17, 15) is 0 Å². The fourth-order valence-electron chi connectivity index (χ4n) is 2.75. The van der Waals surface area contributed by atoms with Gasteiger partial charge in [-0.15, -0.1) is 0 Å². The fourth-order valence-corrected chi connectivity index (χ4v) is 2.75. The molecule has 0 spiro atoms. The molecular formula is C21H38N4O2. The Morgan fingerprint density at radius 3 is 2.56 bits per heavy atom. The van der Waals surface area contributed by atoms with Gasteiger partial charge < -0.3 is 25.0 Å². The van der Waals surface area contributed by atoms with Crippen molar-refractivity contribution in [3.8, 4) is 11.5 Å². The SMILES string of the molecule is CCOc1cc(CCCNC(=NC)NCCN(C)C(C)CC)ccc1OC. The molecule has 0 aliphatic rings. The Morgan fingerprint density at radius 2 is 1.93 bits per heavy atom. The number of guanidine groups is 1. The van der Waals surface area contributed by atoms with E-state index in [0.29, 0.717) is 12.6 Å². The first-order valence-corrected chi connectivity index (χ1v) is 10.00. The van der Waals surface area contributed by atoms with Crippen LogP contribution >= 0.6 is 0 Å². The molecule has 1 aromatic rings. The smallest absolute Gasteiger partial charge is 0.191 e. The summed E-state index contributed by atoms with van der Waals surface area (Å²) < 4.78 is 11.0. The molecule has 2 N–H and O–H groups in total. The summed E-state index contributed by atoms with van der Waals surface area (Å²) in [5.74, 6) is 2.45. The van der Waals surface area contributed by atoms with E-state index in [4.69, 9.17) is 9.47 Å². The standard InChI is InChI=1S/C21H38N4O2/c1-7-17(3)25(5)15-14-24-21(22-4)23-13-9-10-18-11-12-19(26-6)20(16-18)27-8-2/h11-12,16-17H,7-10,13-15H2,1-6H3,(H2,22,23,24). The van der Waals surface area contributed by atoms with Crippen LogP contribution in [0.1, 0.15) is 39.2 Å². The molecule has 0 radical (unpaired) electrons. The molecule has 1 atom stereocenters. The topological polar surface area (TPSA) is 58.1 Å². The first kappa shape index (κ1) is 23.1. The van der Waals surface area contributed by atoms with Gasteiger partial charge in [-0.05, 0) is 57.9 Å². The van der Waals surface area contributed by atoms with Crippen LogP contribution in [0.3, 0.4) is 0 Å². The molecule has 0 aromatic heterocycles. The van der Waals surface area contributed by atoms with Crippen LogP contribution in [0, 0.1) is 0 Å². The van der Waals surface area contributed by atoms with Crippen LogP contribution in [0.5, 0.6) is 11.5 Å². The average molecular weight is 379 g/mol. The molecular weight excluding hydrogens is 340 g/mol. The van der Waals surface area contributed by atoms with E-state index >= 15 is 0 Å². The second-order valence-electron chi connectivity index (χ2n) is 6.69. The van der Waals surface area contributed by atoms with Crippen molar-refractivity contribution in [1.29, 1.82) is 0 Å². The zero-order valence-corrected chi connectivity index (χ0v) is 18.0. The summed E-state index contributed by atoms with van der Waals surface area (Å²) in [6.07, 6.45) is 3.16. The number of benzene rings is 1. The summed E-state index contributed by atoms with van der Waals surface area (Å²) in [6.45, 7) is 9.85. The fraction of sp³-hybridized carbons (Fsp3) is 0.667. The minimum absolute atomic E-state index is 0.604. The molecule has 1 rings (SSSR count). The van der Waals surface area contributed by atoms with Crippen molar-refractivity contribution in [2.75, 3.05) is 47.4 Å². The lowest BCUT2D eigenvalue weighted by Crippen LogP contribution is -2.42. The van der Waals surface area contributed by atoms with Gasteiger partial charge in [-0.25, -0.2) is 0 Å². The predicted octanol–water partition coefficient (Wildman–Crippen LogP) is 2.92. The third-order valence-electron chi connectivity index (χ3n) is 4.79. The lowest BCUT2D eigenvalue weighted by atomic mass is 10.1. The zero-order valence-electron chi connectivity index (χ0n) is 18.0. The highest BCUT2D eigenvalue weighted by Gasteiger charge is 2.07. The molecule has 27 heavy (non-hydrogen) atoms. The molecule has 1 unspecified atom stereocenters. The van der Waals surface area contributed by atoms with Gasteiger partial charge in [0.15, 0.2) is 17.5 Å². The molecule has 6 heteroatoms. The first-order valence-electron chi connectivity index (χ1n) is 10.00. The van der Waals surface area contributed by atoms with Crippen molar-refractivity contribution < 1.29 is 9.47 Å². The number of nitrogens with zero attached hydrogens (tertiary/aromatic N) is 2. The molecule has 1 aromatic carbocycles. The Morgan fingerprint density at radius 1 is 1.19 bits per heavy atom. The molecule has 0 fully saturated rings. The molecule has 0 aliphatic heterocycles. The van der Waals surface area contributed by atoms with Crippen molar-refractivity contribution in [1.82, 2.24) is 15.5 Å². The second-order valence-corrected chi connectivity index (χ2v) is 6.69. The Kier molecular flexibility index (Phi) is 11.3. The van der Waals surface area contributed by atoms with Crippen LogP contribution in [0.2, 0.25) is 0 Å². The van der Waals surface area contributed by atoms with Gasteiger partial charge in [-0.3, -0.25) is 4.99 Å². The molecule has 0 amide bonds. The molecule has 0 saturated heterocycles. The van der Waals surface area contributed by atoms with Crippen LogP contribution in [0.15, 0.2) is 23.2 Å². The van der Waals surface area contributed by atoms with Gasteiger partial charge in [0.05, 0.1) is 13.7 Å². The van der Waals surface area contributed by atoms with E-state index in [1.165, 1.54) is 12.0 Å². The number of methoxy groups -OCH3 is 1. The minimum atomic E-state index is 0.604. The zero-order chi connectivity index (χ0) is 20.1. The number of aliphatic imine (C=N–C) groups is 1. The number of hydrogen-bond acceptors (Lipinski definition) is 4. The molecule has 0 saturated carbocycles. The monoisotopic (exact) mass is 378 g/mol. The predicted molar refractivity (Wildman–Crippen MR) is 114 cm³/mol. The quantitative estimate of drug-likeness (QED) is 0.333. The Hall–Kier alpha value is -1.95. The maximum absolute atomic E-state index is 5.65. The number of nitrogens with one attached hydrogen (secondary N) is 2. The van der Waals surface area contributed by atoms with Gasteiger partial charge in [0, 0.05) is 32.7 Å². The second kappa shape index (κ2) is 13.3. The summed E-state index contributed by atoms with van der Waals surface area (Å²) >= 11 is 0. The van der Waals surface area contributed by atoms with Crippen LogP contribution in [0.25, 0.3) is 0 Å². The van der Waals surface area contributed by atoms with Crippen LogP contribution in [-0.4, -0.2) is 64.3 Å². The molecule has 154 valence electrons. The van der Waals surface area contributed by atoms with E-state index in [2.05, 4.69) is 53.6 Å². The van der Waals surface area contributed by atoms with Gasteiger partial charge >= 0.3 is 0 Å². The van der Waals surface area contributed by atoms with Crippen LogP contribution in [-0.2, 0) is 6.42 Å². The van der Waals surface area contributed by atoms with E-state index < -0.39 is 0 Å². The third-order valence-corrected chi connectivity index (χ3v) is 4.79. The van der Waals surface area contributed by atoms with E-state index in [1.54, 1.807) is 7.11 Å². The van der Waals surface area contributed by atoms with Gasteiger partial charge in [-0.2, -0.15) is 0 Å². The summed E-state index contributed by atoms with van der Waals surface area (Å²) in [5, 5.41) is 6.76. The summed E-state index contributed by atoms with van der Waals surface area (Å²) in [7, 11) is 5.64. The Balaban J connectivity index is 2.34. The van der Waals surface area contributed by atoms with Crippen LogP contribution < -0.4 is 20.1 Å². The summed E-state index contributed by atoms with van der Waals surface area (Å²) in [6, 6.07) is 6.74. The van der Waals surface area contributed by atoms with Crippen molar-refractivity contribution in [3.05, 3.63) is 23.8 Å². The van der Waals surface area contributed by atoms with E-state index in [1.807, 2.05) is 20.0 Å². The lowest BCUT2D eigenvalue weighted by Gasteiger charge is -2.24. The number of ether oxygens (including phenoxy) is 2. The minimum Gasteiger partial charge on any atom is -0.493 e. The number of aryl methyl sites for hydroxylation is 1. The van der Waals surface area contributed by atoms with Crippen molar-refractivity contribution >= 4 is 5.96 Å². The third kappa shape index (κ3) is 8.52. The van der Waals surface area contributed by atoms with Gasteiger partial charge in [0.1, 0.15) is 0 Å². The Labute approximate surface area is 165 Å². The van der Waals surface area contributed by atoms with Gasteiger partial charge in [0.2, 0.25) is 0 Å². The number of hydrogen-bond donors (Lipinski definition) is 2. The first-order chi connectivity index (χ1) is 13.0. The highest BCUT2D eigenvalue weighted by atomic mass is 16.5. The average Bonchev–Trinajstić information content (AvgIpc) is 2.69. The highest BCUT2D eigenvalue weighted by Crippen LogP contribution is 2.28. The van der Waals surface area contributed by atoms with Crippen LogP contribution in [0.4, 0.5) is 0 Å². The lowest BCUT2D eigenvalue weighted by molar-refractivity contribution is 0.255. The maximum atomic E-state index is 5.65. The van der Waals surface area contributed by atoms with Crippen molar-refractivity contribution in [2.24, 2.45) is 4.99 Å². The van der Waals surface area contributed by atoms with Crippen molar-refractivity contribution in [3.63, 3.8) is 0 Å².